The zero-order valence-electron chi connectivity index (χ0n) is 16.6. The number of hydrogen-bond acceptors (Lipinski definition) is 3. The quantitative estimate of drug-likeness (QED) is 0.375. The number of aromatic nitrogens is 2. The first-order chi connectivity index (χ1) is 12.3. The summed E-state index contributed by atoms with van der Waals surface area (Å²) in [6.45, 7) is 5.63. The van der Waals surface area contributed by atoms with Gasteiger partial charge in [-0.2, -0.15) is 5.10 Å². The molecule has 1 heterocycles. The SMILES string of the molecule is CN=C(NCc1ccc(C(N)=O)cc1)N(C)Cc1cn(C)nc1C(C)C.I. The van der Waals surface area contributed by atoms with E-state index in [2.05, 4.69) is 40.4 Å². The summed E-state index contributed by atoms with van der Waals surface area (Å²) < 4.78 is 1.86. The van der Waals surface area contributed by atoms with Gasteiger partial charge in [0.25, 0.3) is 0 Å². The molecule has 0 radical (unpaired) electrons. The molecule has 3 N–H and O–H groups in total. The minimum Gasteiger partial charge on any atom is -0.366 e. The summed E-state index contributed by atoms with van der Waals surface area (Å²) in [6, 6.07) is 7.24. The summed E-state index contributed by atoms with van der Waals surface area (Å²) in [6.07, 6.45) is 2.06. The Morgan fingerprint density at radius 1 is 1.33 bits per heavy atom. The van der Waals surface area contributed by atoms with E-state index < -0.39 is 5.91 Å². The van der Waals surface area contributed by atoms with Gasteiger partial charge in [0.05, 0.1) is 5.69 Å². The molecular weight excluding hydrogens is 455 g/mol. The molecule has 2 aromatic rings. The Labute approximate surface area is 178 Å². The van der Waals surface area contributed by atoms with Crippen molar-refractivity contribution in [1.29, 1.82) is 0 Å². The predicted molar refractivity (Wildman–Crippen MR) is 119 cm³/mol. The summed E-state index contributed by atoms with van der Waals surface area (Å²) in [7, 11) is 5.71. The number of benzene rings is 1. The van der Waals surface area contributed by atoms with Gasteiger partial charge >= 0.3 is 0 Å². The molecule has 0 aliphatic rings. The third-order valence-electron chi connectivity index (χ3n) is 4.15. The minimum absolute atomic E-state index is 0. The van der Waals surface area contributed by atoms with Gasteiger partial charge in [0, 0.05) is 51.6 Å². The molecule has 0 atom stereocenters. The number of carbonyl (C=O) groups is 1. The van der Waals surface area contributed by atoms with Crippen molar-refractivity contribution in [2.75, 3.05) is 14.1 Å². The number of hydrogen-bond donors (Lipinski definition) is 2. The average Bonchev–Trinajstić information content (AvgIpc) is 2.96. The monoisotopic (exact) mass is 484 g/mol. The number of aliphatic imine (C=N–C) groups is 1. The lowest BCUT2D eigenvalue weighted by molar-refractivity contribution is 0.100. The molecule has 1 amide bonds. The van der Waals surface area contributed by atoms with Crippen molar-refractivity contribution in [2.24, 2.45) is 17.8 Å². The van der Waals surface area contributed by atoms with Crippen LogP contribution < -0.4 is 11.1 Å². The van der Waals surface area contributed by atoms with Crippen molar-refractivity contribution in [3.63, 3.8) is 0 Å². The van der Waals surface area contributed by atoms with Gasteiger partial charge in [-0.3, -0.25) is 14.5 Å². The molecule has 0 spiro atoms. The highest BCUT2D eigenvalue weighted by molar-refractivity contribution is 14.0. The zero-order chi connectivity index (χ0) is 19.3. The number of amides is 1. The van der Waals surface area contributed by atoms with E-state index in [0.717, 1.165) is 23.8 Å². The number of halogens is 1. The molecule has 0 aliphatic heterocycles. The molecule has 27 heavy (non-hydrogen) atoms. The van der Waals surface area contributed by atoms with E-state index in [4.69, 9.17) is 5.73 Å². The maximum atomic E-state index is 11.1. The number of carbonyl (C=O) groups excluding carboxylic acids is 1. The van der Waals surface area contributed by atoms with Crippen LogP contribution in [-0.4, -0.2) is 40.6 Å². The van der Waals surface area contributed by atoms with Crippen LogP contribution in [-0.2, 0) is 20.1 Å². The summed E-state index contributed by atoms with van der Waals surface area (Å²) in [4.78, 5) is 17.6. The summed E-state index contributed by atoms with van der Waals surface area (Å²) >= 11 is 0. The summed E-state index contributed by atoms with van der Waals surface area (Å²) in [5.74, 6) is 0.748. The van der Waals surface area contributed by atoms with Crippen LogP contribution in [0.3, 0.4) is 0 Å². The topological polar surface area (TPSA) is 88.5 Å². The van der Waals surface area contributed by atoms with Crippen LogP contribution in [0.5, 0.6) is 0 Å². The molecule has 1 aromatic heterocycles. The van der Waals surface area contributed by atoms with Crippen molar-refractivity contribution < 1.29 is 4.79 Å². The predicted octanol–water partition coefficient (Wildman–Crippen LogP) is 2.47. The molecule has 0 bridgehead atoms. The Kier molecular flexibility index (Phi) is 8.74. The van der Waals surface area contributed by atoms with Crippen molar-refractivity contribution in [3.05, 3.63) is 52.8 Å². The Morgan fingerprint density at radius 3 is 2.48 bits per heavy atom. The van der Waals surface area contributed by atoms with E-state index >= 15 is 0 Å². The minimum atomic E-state index is -0.419. The molecule has 148 valence electrons. The van der Waals surface area contributed by atoms with Gasteiger partial charge in [-0.15, -0.1) is 24.0 Å². The second kappa shape index (κ2) is 10.3. The number of nitrogens with two attached hydrogens (primary N) is 1. The van der Waals surface area contributed by atoms with Crippen LogP contribution in [0.2, 0.25) is 0 Å². The van der Waals surface area contributed by atoms with E-state index in [1.54, 1.807) is 19.2 Å². The van der Waals surface area contributed by atoms with E-state index in [1.807, 2.05) is 30.9 Å². The largest absolute Gasteiger partial charge is 0.366 e. The second-order valence-corrected chi connectivity index (χ2v) is 6.69. The third-order valence-corrected chi connectivity index (χ3v) is 4.15. The average molecular weight is 484 g/mol. The Bertz CT molecular complexity index is 782. The van der Waals surface area contributed by atoms with E-state index in [0.29, 0.717) is 18.0 Å². The fraction of sp³-hybridized carbons (Fsp3) is 0.421. The van der Waals surface area contributed by atoms with Crippen LogP contribution in [0.15, 0.2) is 35.5 Å². The number of nitrogens with one attached hydrogen (secondary N) is 1. The smallest absolute Gasteiger partial charge is 0.248 e. The normalized spacial score (nSPS) is 11.3. The van der Waals surface area contributed by atoms with Gasteiger partial charge in [0.2, 0.25) is 5.91 Å². The van der Waals surface area contributed by atoms with E-state index in [9.17, 15) is 4.79 Å². The molecule has 2 rings (SSSR count). The maximum Gasteiger partial charge on any atom is 0.248 e. The molecule has 1 aromatic carbocycles. The Hall–Kier alpha value is -2.10. The van der Waals surface area contributed by atoms with E-state index in [-0.39, 0.29) is 24.0 Å². The lowest BCUT2D eigenvalue weighted by atomic mass is 10.1. The molecule has 0 unspecified atom stereocenters. The lowest BCUT2D eigenvalue weighted by Crippen LogP contribution is -2.38. The number of primary amides is 1. The highest BCUT2D eigenvalue weighted by Crippen LogP contribution is 2.18. The van der Waals surface area contributed by atoms with Crippen molar-refractivity contribution in [2.45, 2.75) is 32.9 Å². The van der Waals surface area contributed by atoms with Crippen molar-refractivity contribution in [3.8, 4) is 0 Å². The maximum absolute atomic E-state index is 11.1. The third kappa shape index (κ3) is 6.23. The fourth-order valence-electron chi connectivity index (χ4n) is 2.85. The lowest BCUT2D eigenvalue weighted by Gasteiger charge is -2.22. The highest BCUT2D eigenvalue weighted by atomic mass is 127. The molecular formula is C19H29IN6O. The van der Waals surface area contributed by atoms with Gasteiger partial charge < -0.3 is 16.0 Å². The molecule has 0 saturated carbocycles. The van der Waals surface area contributed by atoms with Crippen LogP contribution in [0, 0.1) is 0 Å². The number of nitrogens with zero attached hydrogens (tertiary/aromatic N) is 4. The van der Waals surface area contributed by atoms with Gasteiger partial charge in [0.1, 0.15) is 0 Å². The number of rotatable bonds is 6. The van der Waals surface area contributed by atoms with Crippen LogP contribution >= 0.6 is 24.0 Å². The van der Waals surface area contributed by atoms with Gasteiger partial charge in [-0.05, 0) is 23.6 Å². The van der Waals surface area contributed by atoms with Gasteiger partial charge in [-0.1, -0.05) is 26.0 Å². The first-order valence-corrected chi connectivity index (χ1v) is 8.64. The van der Waals surface area contributed by atoms with Crippen LogP contribution in [0.25, 0.3) is 0 Å². The highest BCUT2D eigenvalue weighted by Gasteiger charge is 2.15. The van der Waals surface area contributed by atoms with Crippen LogP contribution in [0.1, 0.15) is 46.9 Å². The standard InChI is InChI=1S/C19H28N6O.HI/c1-13(2)17-16(12-25(5)23-17)11-24(4)19(21-3)22-10-14-6-8-15(9-7-14)18(20)26;/h6-9,12-13H,10-11H2,1-5H3,(H2,20,26)(H,21,22);1H. The fourth-order valence-corrected chi connectivity index (χ4v) is 2.85. The summed E-state index contributed by atoms with van der Waals surface area (Å²) in [5.41, 5.74) is 9.13. The molecule has 0 fully saturated rings. The zero-order valence-corrected chi connectivity index (χ0v) is 18.9. The molecule has 7 nitrogen and oxygen atoms in total. The van der Waals surface area contributed by atoms with Crippen molar-refractivity contribution in [1.82, 2.24) is 20.0 Å². The van der Waals surface area contributed by atoms with Gasteiger partial charge in [-0.25, -0.2) is 0 Å². The number of aryl methyl sites for hydroxylation is 1. The first kappa shape index (κ1) is 22.9. The first-order valence-electron chi connectivity index (χ1n) is 8.64. The van der Waals surface area contributed by atoms with Crippen LogP contribution in [0.4, 0.5) is 0 Å². The molecule has 0 aliphatic carbocycles. The molecule has 0 saturated heterocycles. The molecule has 8 heteroatoms. The van der Waals surface area contributed by atoms with Crippen molar-refractivity contribution >= 4 is 35.8 Å². The summed E-state index contributed by atoms with van der Waals surface area (Å²) in [5, 5.41) is 7.90. The Morgan fingerprint density at radius 2 is 1.96 bits per heavy atom. The number of guanidine groups is 1. The second-order valence-electron chi connectivity index (χ2n) is 6.69. The van der Waals surface area contributed by atoms with Gasteiger partial charge in [0.15, 0.2) is 5.96 Å². The Balaban J connectivity index is 0.00000364. The van der Waals surface area contributed by atoms with E-state index in [1.165, 1.54) is 5.56 Å².